The number of fused-ring (bicyclic) bond motifs is 1. The van der Waals surface area contributed by atoms with Crippen molar-refractivity contribution in [3.05, 3.63) is 101 Å². The summed E-state index contributed by atoms with van der Waals surface area (Å²) in [4.78, 5) is 21.5. The summed E-state index contributed by atoms with van der Waals surface area (Å²) in [7, 11) is -3.91. The SMILES string of the molecule is O=C(c1ccc(NS(=O)(=O)c2cccc3cccnc23)cc1Cl)N1CCN(Cc2ccccc2)CC1. The van der Waals surface area contributed by atoms with E-state index >= 15 is 0 Å². The molecule has 0 radical (unpaired) electrons. The van der Waals surface area contributed by atoms with Crippen LogP contribution in [0.25, 0.3) is 10.9 Å². The number of nitrogens with zero attached hydrogens (tertiary/aromatic N) is 3. The molecule has 184 valence electrons. The highest BCUT2D eigenvalue weighted by atomic mass is 35.5. The van der Waals surface area contributed by atoms with Gasteiger partial charge in [0.25, 0.3) is 15.9 Å². The quantitative estimate of drug-likeness (QED) is 0.400. The van der Waals surface area contributed by atoms with Gasteiger partial charge in [0.2, 0.25) is 0 Å². The van der Waals surface area contributed by atoms with Crippen molar-refractivity contribution in [2.24, 2.45) is 0 Å². The Hall–Kier alpha value is -3.46. The third-order valence-corrected chi connectivity index (χ3v) is 7.97. The normalized spacial score (nSPS) is 14.6. The van der Waals surface area contributed by atoms with E-state index in [1.807, 2.05) is 18.2 Å². The average Bonchev–Trinajstić information content (AvgIpc) is 2.89. The second-order valence-corrected chi connectivity index (χ2v) is 10.7. The van der Waals surface area contributed by atoms with Gasteiger partial charge in [0, 0.05) is 44.3 Å². The lowest BCUT2D eigenvalue weighted by atomic mass is 10.1. The first-order chi connectivity index (χ1) is 17.4. The van der Waals surface area contributed by atoms with Crippen molar-refractivity contribution < 1.29 is 13.2 Å². The number of piperazine rings is 1. The highest BCUT2D eigenvalue weighted by Crippen LogP contribution is 2.27. The van der Waals surface area contributed by atoms with Crippen molar-refractivity contribution in [3.8, 4) is 0 Å². The van der Waals surface area contributed by atoms with Crippen LogP contribution < -0.4 is 4.72 Å². The number of sulfonamides is 1. The molecule has 0 spiro atoms. The van der Waals surface area contributed by atoms with E-state index in [2.05, 4.69) is 26.7 Å². The minimum absolute atomic E-state index is 0.0743. The number of para-hydroxylation sites is 1. The number of aromatic nitrogens is 1. The number of anilines is 1. The lowest BCUT2D eigenvalue weighted by Gasteiger charge is -2.35. The third-order valence-electron chi connectivity index (χ3n) is 6.25. The maximum absolute atomic E-state index is 13.1. The van der Waals surface area contributed by atoms with E-state index in [0.29, 0.717) is 24.2 Å². The van der Waals surface area contributed by atoms with Gasteiger partial charge in [-0.05, 0) is 35.9 Å². The van der Waals surface area contributed by atoms with E-state index in [4.69, 9.17) is 11.6 Å². The number of carbonyl (C=O) groups excluding carboxylic acids is 1. The van der Waals surface area contributed by atoms with Crippen LogP contribution >= 0.6 is 11.6 Å². The van der Waals surface area contributed by atoms with Crippen LogP contribution in [0.1, 0.15) is 15.9 Å². The smallest absolute Gasteiger partial charge is 0.264 e. The van der Waals surface area contributed by atoms with E-state index in [0.717, 1.165) is 25.0 Å². The van der Waals surface area contributed by atoms with Crippen molar-refractivity contribution in [3.63, 3.8) is 0 Å². The van der Waals surface area contributed by atoms with E-state index in [-0.39, 0.29) is 21.5 Å². The molecule has 0 atom stereocenters. The second-order valence-electron chi connectivity index (χ2n) is 8.69. The molecule has 1 aromatic heterocycles. The van der Waals surface area contributed by atoms with Crippen LogP contribution in [0.4, 0.5) is 5.69 Å². The van der Waals surface area contributed by atoms with Crippen LogP contribution in [0.15, 0.2) is 90.0 Å². The van der Waals surface area contributed by atoms with Gasteiger partial charge in [-0.3, -0.25) is 19.4 Å². The Balaban J connectivity index is 1.26. The molecule has 9 heteroatoms. The van der Waals surface area contributed by atoms with Crippen molar-refractivity contribution >= 4 is 44.1 Å². The Morgan fingerprint density at radius 1 is 0.917 bits per heavy atom. The Morgan fingerprint density at radius 3 is 2.42 bits per heavy atom. The van der Waals surface area contributed by atoms with Gasteiger partial charge in [-0.25, -0.2) is 8.42 Å². The van der Waals surface area contributed by atoms with Crippen LogP contribution in [0.2, 0.25) is 5.02 Å². The highest BCUT2D eigenvalue weighted by molar-refractivity contribution is 7.93. The number of benzene rings is 3. The predicted octanol–water partition coefficient (Wildman–Crippen LogP) is 4.65. The molecule has 0 aliphatic carbocycles. The molecule has 0 bridgehead atoms. The van der Waals surface area contributed by atoms with Gasteiger partial charge >= 0.3 is 0 Å². The first-order valence-corrected chi connectivity index (χ1v) is 13.5. The molecule has 0 unspecified atom stereocenters. The monoisotopic (exact) mass is 520 g/mol. The molecule has 36 heavy (non-hydrogen) atoms. The first-order valence-electron chi connectivity index (χ1n) is 11.6. The molecule has 1 aliphatic heterocycles. The van der Waals surface area contributed by atoms with Crippen LogP contribution in [-0.4, -0.2) is 55.3 Å². The van der Waals surface area contributed by atoms with Crippen LogP contribution in [0.3, 0.4) is 0 Å². The number of halogens is 1. The number of hydrogen-bond donors (Lipinski definition) is 1. The zero-order valence-electron chi connectivity index (χ0n) is 19.5. The fourth-order valence-electron chi connectivity index (χ4n) is 4.38. The summed E-state index contributed by atoms with van der Waals surface area (Å²) in [6, 6.07) is 23.4. The summed E-state index contributed by atoms with van der Waals surface area (Å²) in [5.74, 6) is -0.160. The number of pyridine rings is 1. The second kappa shape index (κ2) is 10.3. The van der Waals surface area contributed by atoms with Crippen LogP contribution in [0.5, 0.6) is 0 Å². The maximum atomic E-state index is 13.1. The van der Waals surface area contributed by atoms with E-state index in [9.17, 15) is 13.2 Å². The molecule has 1 fully saturated rings. The van der Waals surface area contributed by atoms with Gasteiger partial charge in [0.1, 0.15) is 4.90 Å². The molecule has 1 aliphatic rings. The minimum Gasteiger partial charge on any atom is -0.336 e. The van der Waals surface area contributed by atoms with Crippen LogP contribution in [0, 0.1) is 0 Å². The fourth-order valence-corrected chi connectivity index (χ4v) is 5.87. The summed E-state index contributed by atoms with van der Waals surface area (Å²) >= 11 is 6.44. The van der Waals surface area contributed by atoms with Crippen molar-refractivity contribution in [2.45, 2.75) is 11.4 Å². The molecule has 1 saturated heterocycles. The minimum atomic E-state index is -3.91. The first kappa shape index (κ1) is 24.2. The molecular weight excluding hydrogens is 496 g/mol. The van der Waals surface area contributed by atoms with Crippen molar-refractivity contribution in [1.29, 1.82) is 0 Å². The van der Waals surface area contributed by atoms with E-state index in [1.54, 1.807) is 47.5 Å². The fraction of sp³-hybridized carbons (Fsp3) is 0.185. The molecule has 1 N–H and O–H groups in total. The van der Waals surface area contributed by atoms with Gasteiger partial charge in [-0.2, -0.15) is 0 Å². The number of carbonyl (C=O) groups is 1. The summed E-state index contributed by atoms with van der Waals surface area (Å²) < 4.78 is 28.7. The molecular formula is C27H25ClN4O3S. The summed E-state index contributed by atoms with van der Waals surface area (Å²) in [6.45, 7) is 3.60. The zero-order valence-corrected chi connectivity index (χ0v) is 21.0. The van der Waals surface area contributed by atoms with E-state index < -0.39 is 10.0 Å². The van der Waals surface area contributed by atoms with Gasteiger partial charge in [-0.15, -0.1) is 0 Å². The topological polar surface area (TPSA) is 82.6 Å². The van der Waals surface area contributed by atoms with Gasteiger partial charge in [0.05, 0.1) is 21.8 Å². The maximum Gasteiger partial charge on any atom is 0.264 e. The molecule has 3 aromatic carbocycles. The Labute approximate surface area is 215 Å². The average molecular weight is 521 g/mol. The Bertz CT molecular complexity index is 1500. The molecule has 4 aromatic rings. The number of hydrogen-bond acceptors (Lipinski definition) is 5. The van der Waals surface area contributed by atoms with E-state index in [1.165, 1.54) is 17.7 Å². The summed E-state index contributed by atoms with van der Waals surface area (Å²) in [5.41, 5.74) is 2.26. The van der Waals surface area contributed by atoms with Crippen LogP contribution in [-0.2, 0) is 16.6 Å². The zero-order chi connectivity index (χ0) is 25.1. The van der Waals surface area contributed by atoms with Gasteiger partial charge in [0.15, 0.2) is 0 Å². The number of amides is 1. The van der Waals surface area contributed by atoms with Gasteiger partial charge < -0.3 is 4.90 Å². The largest absolute Gasteiger partial charge is 0.336 e. The predicted molar refractivity (Wildman–Crippen MR) is 142 cm³/mol. The number of nitrogens with one attached hydrogen (secondary N) is 1. The number of rotatable bonds is 6. The lowest BCUT2D eigenvalue weighted by Crippen LogP contribution is -2.48. The Kier molecular flexibility index (Phi) is 6.91. The standard InChI is InChI=1S/C27H25ClN4O3S/c28-24-18-22(30-36(34,35)25-10-4-8-21-9-5-13-29-26(21)25)11-12-23(24)27(33)32-16-14-31(15-17-32)19-20-6-2-1-3-7-20/h1-13,18,30H,14-17,19H2. The molecule has 1 amide bonds. The molecule has 0 saturated carbocycles. The van der Waals surface area contributed by atoms with Gasteiger partial charge in [-0.1, -0.05) is 60.1 Å². The highest BCUT2D eigenvalue weighted by Gasteiger charge is 2.24. The molecule has 5 rings (SSSR count). The Morgan fingerprint density at radius 2 is 1.67 bits per heavy atom. The van der Waals surface area contributed by atoms with Crippen molar-refractivity contribution in [1.82, 2.24) is 14.8 Å². The summed E-state index contributed by atoms with van der Waals surface area (Å²) in [5, 5.41) is 0.922. The molecule has 7 nitrogen and oxygen atoms in total. The summed E-state index contributed by atoms with van der Waals surface area (Å²) in [6.07, 6.45) is 1.56. The third kappa shape index (κ3) is 5.21. The molecule has 2 heterocycles. The van der Waals surface area contributed by atoms with Crippen molar-refractivity contribution in [2.75, 3.05) is 30.9 Å². The lowest BCUT2D eigenvalue weighted by molar-refractivity contribution is 0.0628.